The van der Waals surface area contributed by atoms with Gasteiger partial charge in [-0.05, 0) is 55.9 Å². The van der Waals surface area contributed by atoms with Crippen molar-refractivity contribution in [2.45, 2.75) is 57.3 Å². The van der Waals surface area contributed by atoms with Gasteiger partial charge in [0.15, 0.2) is 0 Å². The highest BCUT2D eigenvalue weighted by Crippen LogP contribution is 2.28. The predicted octanol–water partition coefficient (Wildman–Crippen LogP) is 2.08. The smallest absolute Gasteiger partial charge is 0.272 e. The fourth-order valence-corrected chi connectivity index (χ4v) is 5.45. The molecule has 1 aromatic carbocycles. The molecule has 9 heteroatoms. The highest BCUT2D eigenvalue weighted by molar-refractivity contribution is 5.95. The minimum absolute atomic E-state index is 0.0590. The van der Waals surface area contributed by atoms with Crippen LogP contribution in [0.1, 0.15) is 42.9 Å². The van der Waals surface area contributed by atoms with Gasteiger partial charge in [-0.1, -0.05) is 12.6 Å². The van der Waals surface area contributed by atoms with Crippen LogP contribution in [-0.2, 0) is 27.2 Å². The van der Waals surface area contributed by atoms with E-state index in [4.69, 9.17) is 15.2 Å². The van der Waals surface area contributed by atoms with Gasteiger partial charge in [0.2, 0.25) is 0 Å². The summed E-state index contributed by atoms with van der Waals surface area (Å²) in [5.74, 6) is -0.121. The summed E-state index contributed by atoms with van der Waals surface area (Å²) in [4.78, 5) is 21.8. The van der Waals surface area contributed by atoms with Crippen LogP contribution in [0.2, 0.25) is 0 Å². The first-order valence-electron chi connectivity index (χ1n) is 13.0. The number of allylic oxidation sites excluding steroid dienone is 1. The van der Waals surface area contributed by atoms with Gasteiger partial charge < -0.3 is 30.3 Å². The number of hydrogen-bond acceptors (Lipinski definition) is 7. The van der Waals surface area contributed by atoms with Crippen molar-refractivity contribution in [3.8, 4) is 6.07 Å². The molecule has 2 fully saturated rings. The van der Waals surface area contributed by atoms with Crippen molar-refractivity contribution >= 4 is 12.2 Å². The number of nitriles is 1. The number of nitrogens with two attached hydrogens (primary N) is 1. The first-order valence-corrected chi connectivity index (χ1v) is 13.0. The standard InChI is InChI=1S/C28H38N6O3/c1-19(20(2)34-10-6-22-5-4-21(15-29)14-23(22)16-34)27(31-18-30)28(35)33-11-7-24(8-12-33)32-25-9-13-37-17-26(25)36-3/h4-5,14,18,24-26,32H,2,6-13,16-17H2,1,3H3,(H2,30,31)/b27-19-. The van der Waals surface area contributed by atoms with Crippen molar-refractivity contribution in [1.82, 2.24) is 15.1 Å². The number of ether oxygens (including phenoxy) is 2. The van der Waals surface area contributed by atoms with Crippen LogP contribution in [0.15, 0.2) is 46.7 Å². The van der Waals surface area contributed by atoms with Crippen molar-refractivity contribution < 1.29 is 14.3 Å². The summed E-state index contributed by atoms with van der Waals surface area (Å²) in [5.41, 5.74) is 10.5. The average molecular weight is 507 g/mol. The van der Waals surface area contributed by atoms with E-state index in [1.54, 1.807) is 7.11 Å². The molecule has 3 aliphatic rings. The molecule has 1 aromatic rings. The van der Waals surface area contributed by atoms with Gasteiger partial charge >= 0.3 is 0 Å². The van der Waals surface area contributed by atoms with Crippen LogP contribution in [0.4, 0.5) is 0 Å². The maximum Gasteiger partial charge on any atom is 0.272 e. The first kappa shape index (κ1) is 26.9. The Morgan fingerprint density at radius 1 is 1.27 bits per heavy atom. The molecule has 37 heavy (non-hydrogen) atoms. The van der Waals surface area contributed by atoms with Crippen LogP contribution in [0.5, 0.6) is 0 Å². The number of carbonyl (C=O) groups is 1. The molecule has 2 atom stereocenters. The summed E-state index contributed by atoms with van der Waals surface area (Å²) in [6.07, 6.45) is 4.75. The number of amides is 1. The van der Waals surface area contributed by atoms with E-state index in [0.29, 0.717) is 43.5 Å². The van der Waals surface area contributed by atoms with E-state index in [0.717, 1.165) is 55.7 Å². The van der Waals surface area contributed by atoms with Crippen molar-refractivity contribution in [3.63, 3.8) is 0 Å². The van der Waals surface area contributed by atoms with E-state index in [1.165, 1.54) is 11.9 Å². The van der Waals surface area contributed by atoms with Gasteiger partial charge in [-0.15, -0.1) is 0 Å². The molecule has 198 valence electrons. The Hall–Kier alpha value is -3.19. The molecule has 0 bridgehead atoms. The normalized spacial score (nSPS) is 23.4. The first-order chi connectivity index (χ1) is 17.9. The van der Waals surface area contributed by atoms with Crippen LogP contribution < -0.4 is 11.1 Å². The molecule has 2 unspecified atom stereocenters. The van der Waals surface area contributed by atoms with Gasteiger partial charge in [0.05, 0.1) is 30.7 Å². The molecular weight excluding hydrogens is 468 g/mol. The topological polar surface area (TPSA) is 116 Å². The van der Waals surface area contributed by atoms with E-state index in [1.807, 2.05) is 30.0 Å². The van der Waals surface area contributed by atoms with E-state index < -0.39 is 0 Å². The summed E-state index contributed by atoms with van der Waals surface area (Å²) in [5, 5.41) is 13.0. The van der Waals surface area contributed by atoms with E-state index in [2.05, 4.69) is 27.9 Å². The maximum atomic E-state index is 13.5. The number of hydrogen-bond donors (Lipinski definition) is 2. The van der Waals surface area contributed by atoms with Crippen LogP contribution in [0.3, 0.4) is 0 Å². The van der Waals surface area contributed by atoms with Gasteiger partial charge in [-0.25, -0.2) is 4.99 Å². The lowest BCUT2D eigenvalue weighted by Gasteiger charge is -2.38. The van der Waals surface area contributed by atoms with E-state index in [-0.39, 0.29) is 18.1 Å². The number of fused-ring (bicyclic) bond motifs is 1. The quantitative estimate of drug-likeness (QED) is 0.252. The molecule has 0 spiro atoms. The lowest BCUT2D eigenvalue weighted by atomic mass is 9.96. The van der Waals surface area contributed by atoms with Crippen LogP contribution in [0.25, 0.3) is 0 Å². The molecule has 9 nitrogen and oxygen atoms in total. The van der Waals surface area contributed by atoms with Gasteiger partial charge in [-0.3, -0.25) is 4.79 Å². The van der Waals surface area contributed by atoms with Crippen molar-refractivity contribution in [1.29, 1.82) is 5.26 Å². The van der Waals surface area contributed by atoms with Crippen molar-refractivity contribution in [2.24, 2.45) is 10.7 Å². The van der Waals surface area contributed by atoms with Gasteiger partial charge in [0.25, 0.3) is 5.91 Å². The second kappa shape index (κ2) is 12.4. The monoisotopic (exact) mass is 506 g/mol. The number of nitrogens with zero attached hydrogens (tertiary/aromatic N) is 4. The number of methoxy groups -OCH3 is 1. The highest BCUT2D eigenvalue weighted by atomic mass is 16.5. The number of aliphatic imine (C=N–C) groups is 1. The van der Waals surface area contributed by atoms with E-state index in [9.17, 15) is 10.1 Å². The molecule has 0 saturated carbocycles. The van der Waals surface area contributed by atoms with Crippen molar-refractivity contribution in [2.75, 3.05) is 40.0 Å². The molecule has 1 amide bonds. The van der Waals surface area contributed by atoms with Crippen LogP contribution >= 0.6 is 0 Å². The Morgan fingerprint density at radius 3 is 2.76 bits per heavy atom. The lowest BCUT2D eigenvalue weighted by Crippen LogP contribution is -2.54. The fraction of sp³-hybridized carbons (Fsp3) is 0.536. The minimum Gasteiger partial charge on any atom is -0.390 e. The third-order valence-corrected chi connectivity index (χ3v) is 7.76. The predicted molar refractivity (Wildman–Crippen MR) is 143 cm³/mol. The fourth-order valence-electron chi connectivity index (χ4n) is 5.45. The summed E-state index contributed by atoms with van der Waals surface area (Å²) in [6, 6.07) is 8.64. The molecule has 3 N–H and O–H groups in total. The maximum absolute atomic E-state index is 13.5. The number of nitrogens with one attached hydrogen (secondary N) is 1. The van der Waals surface area contributed by atoms with Gasteiger partial charge in [0, 0.05) is 63.2 Å². The molecule has 2 saturated heterocycles. The zero-order valence-electron chi connectivity index (χ0n) is 21.9. The van der Waals surface area contributed by atoms with Gasteiger partial charge in [-0.2, -0.15) is 5.26 Å². The molecule has 0 radical (unpaired) electrons. The third-order valence-electron chi connectivity index (χ3n) is 7.76. The molecule has 0 aliphatic carbocycles. The number of piperidine rings is 1. The van der Waals surface area contributed by atoms with E-state index >= 15 is 0 Å². The Bertz CT molecular complexity index is 1100. The Labute approximate surface area is 219 Å². The molecular formula is C28H38N6O3. The van der Waals surface area contributed by atoms with Crippen molar-refractivity contribution in [3.05, 3.63) is 58.4 Å². The second-order valence-electron chi connectivity index (χ2n) is 9.94. The SMILES string of the molecule is C=C(/C(C)=C(\N=C/N)C(=O)N1CCC(NC2CCOCC2OC)CC1)N1CCc2ccc(C#N)cc2C1. The zero-order valence-corrected chi connectivity index (χ0v) is 21.9. The van der Waals surface area contributed by atoms with Crippen LogP contribution in [-0.4, -0.2) is 80.2 Å². The van der Waals surface area contributed by atoms with Gasteiger partial charge in [0.1, 0.15) is 5.70 Å². The second-order valence-corrected chi connectivity index (χ2v) is 9.94. The summed E-state index contributed by atoms with van der Waals surface area (Å²) in [7, 11) is 1.73. The molecule has 3 heterocycles. The summed E-state index contributed by atoms with van der Waals surface area (Å²) >= 11 is 0. The Morgan fingerprint density at radius 2 is 2.05 bits per heavy atom. The third kappa shape index (κ3) is 6.21. The number of likely N-dealkylation sites (tertiary alicyclic amines) is 1. The largest absolute Gasteiger partial charge is 0.390 e. The number of benzene rings is 1. The number of rotatable bonds is 7. The zero-order chi connectivity index (χ0) is 26.4. The summed E-state index contributed by atoms with van der Waals surface area (Å²) in [6.45, 7) is 10.3. The molecule has 0 aromatic heterocycles. The molecule has 4 rings (SSSR count). The highest BCUT2D eigenvalue weighted by Gasteiger charge is 2.31. The molecule has 3 aliphatic heterocycles. The van der Waals surface area contributed by atoms with Crippen LogP contribution in [0, 0.1) is 11.3 Å². The Kier molecular flexibility index (Phi) is 8.98. The average Bonchev–Trinajstić information content (AvgIpc) is 2.94. The summed E-state index contributed by atoms with van der Waals surface area (Å²) < 4.78 is 11.1. The Balaban J connectivity index is 1.40. The lowest BCUT2D eigenvalue weighted by molar-refractivity contribution is -0.128. The minimum atomic E-state index is -0.121. The number of carbonyl (C=O) groups excluding carboxylic acids is 1.